The van der Waals surface area contributed by atoms with E-state index in [2.05, 4.69) is 16.9 Å². The van der Waals surface area contributed by atoms with Crippen molar-refractivity contribution in [3.8, 4) is 0 Å². The number of hydrogen-bond acceptors (Lipinski definition) is 3. The summed E-state index contributed by atoms with van der Waals surface area (Å²) in [7, 11) is 0. The van der Waals surface area contributed by atoms with Crippen LogP contribution in [0, 0.1) is 12.8 Å². The number of aromatic nitrogens is 2. The van der Waals surface area contributed by atoms with Gasteiger partial charge >= 0.3 is 0 Å². The molecule has 1 fully saturated rings. The van der Waals surface area contributed by atoms with Gasteiger partial charge in [-0.3, -0.25) is 4.79 Å². The van der Waals surface area contributed by atoms with Crippen LogP contribution in [0.15, 0.2) is 12.3 Å². The molecule has 80 valence electrons. The monoisotopic (exact) mass is 205 g/mol. The number of carbonyl (C=O) groups excluding carboxylic acids is 1. The Kier molecular flexibility index (Phi) is 2.66. The van der Waals surface area contributed by atoms with Crippen LogP contribution in [0.2, 0.25) is 0 Å². The van der Waals surface area contributed by atoms with Gasteiger partial charge in [-0.1, -0.05) is 6.92 Å². The van der Waals surface area contributed by atoms with Gasteiger partial charge in [-0.15, -0.1) is 0 Å². The molecule has 1 aliphatic heterocycles. The largest absolute Gasteiger partial charge is 0.336 e. The Bertz CT molecular complexity index is 378. The fourth-order valence-electron chi connectivity index (χ4n) is 1.81. The molecule has 4 nitrogen and oxygen atoms in total. The minimum atomic E-state index is -0.0388. The smallest absolute Gasteiger partial charge is 0.291 e. The molecule has 1 aromatic heterocycles. The zero-order valence-electron chi connectivity index (χ0n) is 9.10. The van der Waals surface area contributed by atoms with Crippen molar-refractivity contribution in [2.75, 3.05) is 13.1 Å². The number of rotatable bonds is 1. The normalized spacial score (nSPS) is 20.7. The van der Waals surface area contributed by atoms with E-state index >= 15 is 0 Å². The lowest BCUT2D eigenvalue weighted by atomic mass is 10.2. The van der Waals surface area contributed by atoms with Crippen LogP contribution < -0.4 is 0 Å². The van der Waals surface area contributed by atoms with E-state index in [0.29, 0.717) is 11.7 Å². The summed E-state index contributed by atoms with van der Waals surface area (Å²) in [5.41, 5.74) is 0.834. The number of carbonyl (C=O) groups is 1. The first-order valence-corrected chi connectivity index (χ1v) is 5.26. The van der Waals surface area contributed by atoms with Crippen LogP contribution in [-0.2, 0) is 0 Å². The fraction of sp³-hybridized carbons (Fsp3) is 0.545. The Balaban J connectivity index is 2.14. The average Bonchev–Trinajstić information content (AvgIpc) is 2.64. The van der Waals surface area contributed by atoms with Crippen molar-refractivity contribution in [3.63, 3.8) is 0 Å². The van der Waals surface area contributed by atoms with E-state index in [-0.39, 0.29) is 5.91 Å². The number of likely N-dealkylation sites (tertiary alicyclic amines) is 1. The zero-order valence-corrected chi connectivity index (χ0v) is 9.10. The molecular formula is C11H15N3O. The van der Waals surface area contributed by atoms with E-state index in [1.165, 1.54) is 0 Å². The summed E-state index contributed by atoms with van der Waals surface area (Å²) in [5.74, 6) is 0.880. The molecule has 0 radical (unpaired) electrons. The Morgan fingerprint density at radius 2 is 2.40 bits per heavy atom. The highest BCUT2D eigenvalue weighted by atomic mass is 16.2. The first-order valence-electron chi connectivity index (χ1n) is 5.26. The van der Waals surface area contributed by atoms with Crippen LogP contribution in [0.25, 0.3) is 0 Å². The van der Waals surface area contributed by atoms with Gasteiger partial charge in [0.2, 0.25) is 5.82 Å². The Morgan fingerprint density at radius 1 is 1.60 bits per heavy atom. The van der Waals surface area contributed by atoms with Crippen LogP contribution in [-0.4, -0.2) is 33.9 Å². The van der Waals surface area contributed by atoms with E-state index in [0.717, 1.165) is 25.2 Å². The highest BCUT2D eigenvalue weighted by Gasteiger charge is 2.25. The average molecular weight is 205 g/mol. The zero-order chi connectivity index (χ0) is 10.8. The van der Waals surface area contributed by atoms with Gasteiger partial charge < -0.3 is 4.90 Å². The molecular weight excluding hydrogens is 190 g/mol. The Hall–Kier alpha value is -1.45. The van der Waals surface area contributed by atoms with Crippen molar-refractivity contribution in [1.82, 2.24) is 14.9 Å². The molecule has 0 aromatic carbocycles. The van der Waals surface area contributed by atoms with E-state index in [1.807, 2.05) is 11.8 Å². The molecule has 15 heavy (non-hydrogen) atoms. The fourth-order valence-corrected chi connectivity index (χ4v) is 1.81. The minimum Gasteiger partial charge on any atom is -0.336 e. The molecule has 1 saturated heterocycles. The second-order valence-electron chi connectivity index (χ2n) is 4.17. The topological polar surface area (TPSA) is 46.1 Å². The van der Waals surface area contributed by atoms with Crippen molar-refractivity contribution in [1.29, 1.82) is 0 Å². The van der Waals surface area contributed by atoms with Gasteiger partial charge in [-0.05, 0) is 25.3 Å². The predicted molar refractivity (Wildman–Crippen MR) is 56.5 cm³/mol. The van der Waals surface area contributed by atoms with Crippen LogP contribution in [0.4, 0.5) is 0 Å². The van der Waals surface area contributed by atoms with Gasteiger partial charge in [0.05, 0.1) is 0 Å². The van der Waals surface area contributed by atoms with Gasteiger partial charge in [0.1, 0.15) is 0 Å². The third-order valence-corrected chi connectivity index (χ3v) is 2.70. The van der Waals surface area contributed by atoms with E-state index in [9.17, 15) is 4.79 Å². The van der Waals surface area contributed by atoms with Gasteiger partial charge in [-0.2, -0.15) is 0 Å². The second kappa shape index (κ2) is 3.96. The Morgan fingerprint density at radius 3 is 3.00 bits per heavy atom. The maximum atomic E-state index is 11.9. The lowest BCUT2D eigenvalue weighted by molar-refractivity contribution is 0.0775. The van der Waals surface area contributed by atoms with Crippen molar-refractivity contribution >= 4 is 5.91 Å². The maximum absolute atomic E-state index is 11.9. The highest BCUT2D eigenvalue weighted by molar-refractivity contribution is 5.90. The summed E-state index contributed by atoms with van der Waals surface area (Å²) < 4.78 is 0. The lowest BCUT2D eigenvalue weighted by Crippen LogP contribution is -2.30. The van der Waals surface area contributed by atoms with Crippen LogP contribution in [0.1, 0.15) is 29.7 Å². The summed E-state index contributed by atoms with van der Waals surface area (Å²) in [5, 5.41) is 0. The molecule has 1 aromatic rings. The first-order chi connectivity index (χ1) is 7.16. The summed E-state index contributed by atoms with van der Waals surface area (Å²) >= 11 is 0. The molecule has 1 unspecified atom stereocenters. The van der Waals surface area contributed by atoms with Crippen molar-refractivity contribution in [2.24, 2.45) is 5.92 Å². The van der Waals surface area contributed by atoms with Crippen molar-refractivity contribution in [2.45, 2.75) is 20.3 Å². The molecule has 1 aliphatic rings. The number of amides is 1. The molecule has 1 amide bonds. The summed E-state index contributed by atoms with van der Waals surface area (Å²) in [6.45, 7) is 5.68. The summed E-state index contributed by atoms with van der Waals surface area (Å²) in [6, 6.07) is 1.80. The molecule has 2 heterocycles. The molecule has 0 bridgehead atoms. The number of aryl methyl sites for hydroxylation is 1. The summed E-state index contributed by atoms with van der Waals surface area (Å²) in [4.78, 5) is 21.9. The van der Waals surface area contributed by atoms with Gasteiger partial charge in [0.15, 0.2) is 0 Å². The van der Waals surface area contributed by atoms with Crippen LogP contribution in [0.5, 0.6) is 0 Å². The molecule has 2 rings (SSSR count). The van der Waals surface area contributed by atoms with Crippen LogP contribution in [0.3, 0.4) is 0 Å². The third-order valence-electron chi connectivity index (χ3n) is 2.70. The quantitative estimate of drug-likeness (QED) is 0.693. The van der Waals surface area contributed by atoms with Crippen molar-refractivity contribution in [3.05, 3.63) is 23.8 Å². The Labute approximate surface area is 89.3 Å². The molecule has 0 aliphatic carbocycles. The van der Waals surface area contributed by atoms with Crippen LogP contribution >= 0.6 is 0 Å². The maximum Gasteiger partial charge on any atom is 0.291 e. The second-order valence-corrected chi connectivity index (χ2v) is 4.17. The molecule has 1 atom stereocenters. The first kappa shape index (κ1) is 10.1. The standard InChI is InChI=1S/C11H15N3O/c1-8-4-6-14(7-8)11(15)10-12-5-3-9(2)13-10/h3,5,8H,4,6-7H2,1-2H3. The number of nitrogens with zero attached hydrogens (tertiary/aromatic N) is 3. The lowest BCUT2D eigenvalue weighted by Gasteiger charge is -2.14. The van der Waals surface area contributed by atoms with E-state index in [1.54, 1.807) is 12.3 Å². The van der Waals surface area contributed by atoms with E-state index in [4.69, 9.17) is 0 Å². The number of hydrogen-bond donors (Lipinski definition) is 0. The molecule has 0 saturated carbocycles. The third kappa shape index (κ3) is 2.14. The van der Waals surface area contributed by atoms with E-state index < -0.39 is 0 Å². The molecule has 0 spiro atoms. The predicted octanol–water partition coefficient (Wildman–Crippen LogP) is 1.27. The van der Waals surface area contributed by atoms with Gasteiger partial charge in [-0.25, -0.2) is 9.97 Å². The summed E-state index contributed by atoms with van der Waals surface area (Å²) in [6.07, 6.45) is 2.71. The molecule has 0 N–H and O–H groups in total. The van der Waals surface area contributed by atoms with Gasteiger partial charge in [0.25, 0.3) is 5.91 Å². The molecule has 4 heteroatoms. The van der Waals surface area contributed by atoms with Gasteiger partial charge in [0, 0.05) is 25.0 Å². The SMILES string of the molecule is Cc1ccnc(C(=O)N2CCC(C)C2)n1. The minimum absolute atomic E-state index is 0.0388. The van der Waals surface area contributed by atoms with Crippen molar-refractivity contribution < 1.29 is 4.79 Å². The highest BCUT2D eigenvalue weighted by Crippen LogP contribution is 2.16.